The molecule has 3 heteroatoms. The Bertz CT molecular complexity index is 538. The number of rotatable bonds is 3. The Hall–Kier alpha value is -1.64. The highest BCUT2D eigenvalue weighted by molar-refractivity contribution is 5.75. The Kier molecular flexibility index (Phi) is 3.13. The average molecular weight is 241 g/mol. The molecule has 1 N–H and O–H groups in total. The van der Waals surface area contributed by atoms with Crippen LogP contribution in [0.15, 0.2) is 30.5 Å². The maximum absolute atomic E-state index is 4.58. The van der Waals surface area contributed by atoms with Crippen LogP contribution in [-0.4, -0.2) is 16.5 Å². The smallest absolute Gasteiger partial charge is 0.145 e. The Morgan fingerprint density at radius 1 is 1.22 bits per heavy atom. The molecule has 0 radical (unpaired) electrons. The highest BCUT2D eigenvalue weighted by Crippen LogP contribution is 2.30. The number of nitrogens with zero attached hydrogens (tertiary/aromatic N) is 2. The molecule has 0 aliphatic heterocycles. The van der Waals surface area contributed by atoms with E-state index in [9.17, 15) is 0 Å². The normalized spacial score (nSPS) is 23.4. The second-order valence-corrected chi connectivity index (χ2v) is 5.41. The Balaban J connectivity index is 1.67. The van der Waals surface area contributed by atoms with Crippen molar-refractivity contribution in [2.75, 3.05) is 11.9 Å². The summed E-state index contributed by atoms with van der Waals surface area (Å²) in [4.78, 5) is 9.00. The lowest BCUT2D eigenvalue weighted by molar-refractivity contribution is 0.536. The van der Waals surface area contributed by atoms with Gasteiger partial charge in [0.2, 0.25) is 0 Å². The zero-order chi connectivity index (χ0) is 12.4. The first-order valence-corrected chi connectivity index (χ1v) is 6.77. The molecule has 2 aromatic rings. The SMILES string of the molecule is CC1CCC(CNc2cnc3ccccc3n2)C1. The van der Waals surface area contributed by atoms with Crippen LogP contribution in [0.25, 0.3) is 11.0 Å². The summed E-state index contributed by atoms with van der Waals surface area (Å²) in [6.45, 7) is 3.37. The van der Waals surface area contributed by atoms with Gasteiger partial charge in [0.05, 0.1) is 17.2 Å². The van der Waals surface area contributed by atoms with Crippen LogP contribution in [0.5, 0.6) is 0 Å². The number of hydrogen-bond donors (Lipinski definition) is 1. The van der Waals surface area contributed by atoms with Crippen molar-refractivity contribution in [2.45, 2.75) is 26.2 Å². The van der Waals surface area contributed by atoms with Crippen LogP contribution in [0, 0.1) is 11.8 Å². The Morgan fingerprint density at radius 2 is 2.06 bits per heavy atom. The van der Waals surface area contributed by atoms with Gasteiger partial charge >= 0.3 is 0 Å². The summed E-state index contributed by atoms with van der Waals surface area (Å²) < 4.78 is 0. The fraction of sp³-hybridized carbons (Fsp3) is 0.467. The number of fused-ring (bicyclic) bond motifs is 1. The van der Waals surface area contributed by atoms with Crippen LogP contribution in [0.3, 0.4) is 0 Å². The van der Waals surface area contributed by atoms with Gasteiger partial charge in [-0.1, -0.05) is 25.5 Å². The summed E-state index contributed by atoms with van der Waals surface area (Å²) in [7, 11) is 0. The van der Waals surface area contributed by atoms with E-state index >= 15 is 0 Å². The zero-order valence-electron chi connectivity index (χ0n) is 10.8. The third-order valence-corrected chi connectivity index (χ3v) is 3.82. The lowest BCUT2D eigenvalue weighted by Gasteiger charge is -2.11. The van der Waals surface area contributed by atoms with Gasteiger partial charge in [0.1, 0.15) is 5.82 Å². The topological polar surface area (TPSA) is 37.8 Å². The van der Waals surface area contributed by atoms with E-state index in [2.05, 4.69) is 22.2 Å². The summed E-state index contributed by atoms with van der Waals surface area (Å²) in [6, 6.07) is 7.99. The first-order valence-electron chi connectivity index (χ1n) is 6.77. The summed E-state index contributed by atoms with van der Waals surface area (Å²) in [6.07, 6.45) is 5.89. The molecule has 0 saturated heterocycles. The molecular formula is C15H19N3. The molecule has 0 bridgehead atoms. The van der Waals surface area contributed by atoms with Crippen molar-refractivity contribution in [2.24, 2.45) is 11.8 Å². The van der Waals surface area contributed by atoms with Crippen LogP contribution in [0.2, 0.25) is 0 Å². The number of nitrogens with one attached hydrogen (secondary N) is 1. The lowest BCUT2D eigenvalue weighted by Crippen LogP contribution is -2.12. The van der Waals surface area contributed by atoms with Gasteiger partial charge in [-0.15, -0.1) is 0 Å². The van der Waals surface area contributed by atoms with Crippen molar-refractivity contribution in [1.29, 1.82) is 0 Å². The molecule has 1 heterocycles. The highest BCUT2D eigenvalue weighted by atomic mass is 15.0. The molecule has 3 rings (SSSR count). The van der Waals surface area contributed by atoms with Gasteiger partial charge in [0.25, 0.3) is 0 Å². The quantitative estimate of drug-likeness (QED) is 0.894. The van der Waals surface area contributed by atoms with E-state index in [1.165, 1.54) is 19.3 Å². The largest absolute Gasteiger partial charge is 0.368 e. The molecule has 2 unspecified atom stereocenters. The predicted octanol–water partition coefficient (Wildman–Crippen LogP) is 3.48. The lowest BCUT2D eigenvalue weighted by atomic mass is 10.1. The van der Waals surface area contributed by atoms with E-state index in [1.807, 2.05) is 30.5 Å². The molecule has 0 amide bonds. The van der Waals surface area contributed by atoms with Gasteiger partial charge in [-0.2, -0.15) is 0 Å². The van der Waals surface area contributed by atoms with Gasteiger partial charge in [-0.05, 0) is 36.8 Å². The summed E-state index contributed by atoms with van der Waals surface area (Å²) in [5.41, 5.74) is 1.92. The second-order valence-electron chi connectivity index (χ2n) is 5.41. The number of aromatic nitrogens is 2. The molecule has 0 spiro atoms. The Morgan fingerprint density at radius 3 is 2.83 bits per heavy atom. The fourth-order valence-electron chi connectivity index (χ4n) is 2.80. The van der Waals surface area contributed by atoms with Crippen molar-refractivity contribution in [3.05, 3.63) is 30.5 Å². The second kappa shape index (κ2) is 4.92. The first-order chi connectivity index (χ1) is 8.81. The summed E-state index contributed by atoms with van der Waals surface area (Å²) in [5, 5.41) is 3.43. The van der Waals surface area contributed by atoms with Gasteiger partial charge in [-0.25, -0.2) is 4.98 Å². The number of anilines is 1. The monoisotopic (exact) mass is 241 g/mol. The molecular weight excluding hydrogens is 222 g/mol. The summed E-state index contributed by atoms with van der Waals surface area (Å²) in [5.74, 6) is 2.58. The number of para-hydroxylation sites is 2. The predicted molar refractivity (Wildman–Crippen MR) is 74.5 cm³/mol. The van der Waals surface area contributed by atoms with Gasteiger partial charge < -0.3 is 5.32 Å². The van der Waals surface area contributed by atoms with Crippen molar-refractivity contribution < 1.29 is 0 Å². The van der Waals surface area contributed by atoms with E-state index in [4.69, 9.17) is 0 Å². The molecule has 1 fully saturated rings. The van der Waals surface area contributed by atoms with E-state index in [-0.39, 0.29) is 0 Å². The van der Waals surface area contributed by atoms with Crippen molar-refractivity contribution in [3.8, 4) is 0 Å². The maximum atomic E-state index is 4.58. The minimum absolute atomic E-state index is 0.799. The van der Waals surface area contributed by atoms with Crippen molar-refractivity contribution >= 4 is 16.9 Å². The maximum Gasteiger partial charge on any atom is 0.145 e. The van der Waals surface area contributed by atoms with Gasteiger partial charge in [0.15, 0.2) is 0 Å². The van der Waals surface area contributed by atoms with E-state index in [0.29, 0.717) is 0 Å². The van der Waals surface area contributed by atoms with Crippen LogP contribution in [0.4, 0.5) is 5.82 Å². The minimum Gasteiger partial charge on any atom is -0.368 e. The Labute approximate surface area is 108 Å². The average Bonchev–Trinajstić information content (AvgIpc) is 2.82. The fourth-order valence-corrected chi connectivity index (χ4v) is 2.80. The number of hydrogen-bond acceptors (Lipinski definition) is 3. The van der Waals surface area contributed by atoms with Crippen LogP contribution < -0.4 is 5.32 Å². The van der Waals surface area contributed by atoms with E-state index in [0.717, 1.165) is 35.2 Å². The van der Waals surface area contributed by atoms with Crippen LogP contribution in [0.1, 0.15) is 26.2 Å². The van der Waals surface area contributed by atoms with Crippen LogP contribution >= 0.6 is 0 Å². The van der Waals surface area contributed by atoms with E-state index < -0.39 is 0 Å². The molecule has 2 atom stereocenters. The molecule has 1 aliphatic carbocycles. The highest BCUT2D eigenvalue weighted by Gasteiger charge is 2.20. The molecule has 1 saturated carbocycles. The molecule has 3 nitrogen and oxygen atoms in total. The zero-order valence-corrected chi connectivity index (χ0v) is 10.8. The van der Waals surface area contributed by atoms with Crippen molar-refractivity contribution in [3.63, 3.8) is 0 Å². The molecule has 18 heavy (non-hydrogen) atoms. The molecule has 1 aliphatic rings. The molecule has 1 aromatic heterocycles. The number of benzene rings is 1. The van der Waals surface area contributed by atoms with E-state index in [1.54, 1.807) is 0 Å². The molecule has 94 valence electrons. The van der Waals surface area contributed by atoms with Gasteiger partial charge in [0, 0.05) is 6.54 Å². The third-order valence-electron chi connectivity index (χ3n) is 3.82. The third kappa shape index (κ3) is 2.45. The van der Waals surface area contributed by atoms with Crippen LogP contribution in [-0.2, 0) is 0 Å². The standard InChI is InChI=1S/C15H19N3/c1-11-6-7-12(8-11)9-17-15-10-16-13-4-2-3-5-14(13)18-15/h2-5,10-12H,6-9H2,1H3,(H,17,18). The van der Waals surface area contributed by atoms with Crippen molar-refractivity contribution in [1.82, 2.24) is 9.97 Å². The first kappa shape index (κ1) is 11.5. The molecule has 1 aromatic carbocycles. The summed E-state index contributed by atoms with van der Waals surface area (Å²) >= 11 is 0. The van der Waals surface area contributed by atoms with Gasteiger partial charge in [-0.3, -0.25) is 4.98 Å². The minimum atomic E-state index is 0.799.